The summed E-state index contributed by atoms with van der Waals surface area (Å²) in [6.07, 6.45) is 1.27. The van der Waals surface area contributed by atoms with E-state index in [2.05, 4.69) is 24.0 Å². The van der Waals surface area contributed by atoms with Gasteiger partial charge in [0.2, 0.25) is 0 Å². The summed E-state index contributed by atoms with van der Waals surface area (Å²) in [4.78, 5) is 0. The van der Waals surface area contributed by atoms with Gasteiger partial charge in [-0.05, 0) is 18.9 Å². The molecule has 0 aliphatic heterocycles. The maximum absolute atomic E-state index is 8.88. The predicted molar refractivity (Wildman–Crippen MR) is 54.2 cm³/mol. The molecule has 1 aromatic carbocycles. The molecule has 0 unspecified atom stereocenters. The molecule has 0 fully saturated rings. The average molecular weight is 174 g/mol. The van der Waals surface area contributed by atoms with Crippen LogP contribution >= 0.6 is 0 Å². The summed E-state index contributed by atoms with van der Waals surface area (Å²) in [5.41, 5.74) is 1.29. The van der Waals surface area contributed by atoms with E-state index >= 15 is 0 Å². The van der Waals surface area contributed by atoms with Gasteiger partial charge in [-0.1, -0.05) is 36.3 Å². The van der Waals surface area contributed by atoms with E-state index < -0.39 is 6.10 Å². The van der Waals surface area contributed by atoms with Crippen LogP contribution in [-0.2, 0) is 6.42 Å². The molecule has 1 rings (SSSR count). The first-order chi connectivity index (χ1) is 6.29. The summed E-state index contributed by atoms with van der Waals surface area (Å²) < 4.78 is 0. The number of benzene rings is 1. The quantitative estimate of drug-likeness (QED) is 0.680. The number of aliphatic hydroxyl groups is 1. The fourth-order valence-corrected chi connectivity index (χ4v) is 1.07. The van der Waals surface area contributed by atoms with Crippen molar-refractivity contribution < 1.29 is 5.11 Å². The summed E-state index contributed by atoms with van der Waals surface area (Å²) in [6.45, 7) is 1.68. The number of aryl methyl sites for hydroxylation is 1. The SMILES string of the molecule is C[C@@H](O)C#CCCc1ccccc1. The van der Waals surface area contributed by atoms with Crippen LogP contribution in [0, 0.1) is 11.8 Å². The molecular formula is C12H14O. The van der Waals surface area contributed by atoms with E-state index in [4.69, 9.17) is 5.11 Å². The van der Waals surface area contributed by atoms with Crippen LogP contribution in [0.5, 0.6) is 0 Å². The van der Waals surface area contributed by atoms with Crippen LogP contribution in [0.1, 0.15) is 18.9 Å². The van der Waals surface area contributed by atoms with Gasteiger partial charge in [0.15, 0.2) is 0 Å². The lowest BCUT2D eigenvalue weighted by atomic mass is 10.1. The molecule has 0 heterocycles. The molecule has 0 bridgehead atoms. The second-order valence-corrected chi connectivity index (χ2v) is 2.98. The average Bonchev–Trinajstić information content (AvgIpc) is 2.14. The highest BCUT2D eigenvalue weighted by atomic mass is 16.3. The Bertz CT molecular complexity index is 290. The first-order valence-corrected chi connectivity index (χ1v) is 4.49. The molecule has 13 heavy (non-hydrogen) atoms. The lowest BCUT2D eigenvalue weighted by Gasteiger charge is -1.94. The first kappa shape index (κ1) is 9.83. The molecule has 0 spiro atoms. The summed E-state index contributed by atoms with van der Waals surface area (Å²) in [5.74, 6) is 5.65. The van der Waals surface area contributed by atoms with Gasteiger partial charge in [0.05, 0.1) is 0 Å². The maximum atomic E-state index is 8.88. The van der Waals surface area contributed by atoms with Gasteiger partial charge in [0.1, 0.15) is 6.10 Å². The first-order valence-electron chi connectivity index (χ1n) is 4.49. The molecule has 0 saturated heterocycles. The molecule has 1 atom stereocenters. The van der Waals surface area contributed by atoms with Crippen molar-refractivity contribution in [3.05, 3.63) is 35.9 Å². The van der Waals surface area contributed by atoms with E-state index in [9.17, 15) is 0 Å². The molecule has 0 amide bonds. The Balaban J connectivity index is 2.33. The fourth-order valence-electron chi connectivity index (χ4n) is 1.07. The Morgan fingerprint density at radius 1 is 1.31 bits per heavy atom. The lowest BCUT2D eigenvalue weighted by Crippen LogP contribution is -1.92. The van der Waals surface area contributed by atoms with Crippen LogP contribution in [0.4, 0.5) is 0 Å². The van der Waals surface area contributed by atoms with Crippen molar-refractivity contribution in [3.63, 3.8) is 0 Å². The minimum Gasteiger partial charge on any atom is -0.381 e. The second-order valence-electron chi connectivity index (χ2n) is 2.98. The number of rotatable bonds is 2. The monoisotopic (exact) mass is 174 g/mol. The van der Waals surface area contributed by atoms with Crippen molar-refractivity contribution >= 4 is 0 Å². The second kappa shape index (κ2) is 5.40. The highest BCUT2D eigenvalue weighted by molar-refractivity contribution is 5.16. The van der Waals surface area contributed by atoms with Crippen molar-refractivity contribution in [2.24, 2.45) is 0 Å². The van der Waals surface area contributed by atoms with Gasteiger partial charge in [-0.15, -0.1) is 5.92 Å². The Morgan fingerprint density at radius 2 is 2.00 bits per heavy atom. The summed E-state index contributed by atoms with van der Waals surface area (Å²) in [6, 6.07) is 10.2. The molecule has 0 saturated carbocycles. The van der Waals surface area contributed by atoms with Gasteiger partial charge in [0, 0.05) is 6.42 Å². The van der Waals surface area contributed by atoms with Crippen LogP contribution in [0.25, 0.3) is 0 Å². The zero-order chi connectivity index (χ0) is 9.52. The van der Waals surface area contributed by atoms with Gasteiger partial charge in [-0.25, -0.2) is 0 Å². The third-order valence-electron chi connectivity index (χ3n) is 1.69. The van der Waals surface area contributed by atoms with E-state index in [1.54, 1.807) is 6.92 Å². The van der Waals surface area contributed by atoms with Gasteiger partial charge >= 0.3 is 0 Å². The zero-order valence-electron chi connectivity index (χ0n) is 7.83. The Labute approximate surface area is 79.4 Å². The topological polar surface area (TPSA) is 20.2 Å². The fraction of sp³-hybridized carbons (Fsp3) is 0.333. The van der Waals surface area contributed by atoms with Gasteiger partial charge in [0.25, 0.3) is 0 Å². The van der Waals surface area contributed by atoms with Crippen LogP contribution in [0.15, 0.2) is 30.3 Å². The molecule has 1 N–H and O–H groups in total. The largest absolute Gasteiger partial charge is 0.381 e. The van der Waals surface area contributed by atoms with E-state index in [0.717, 1.165) is 12.8 Å². The van der Waals surface area contributed by atoms with Crippen molar-refractivity contribution in [1.82, 2.24) is 0 Å². The van der Waals surface area contributed by atoms with Crippen LogP contribution in [-0.4, -0.2) is 11.2 Å². The highest BCUT2D eigenvalue weighted by Crippen LogP contribution is 2.01. The molecule has 0 aliphatic carbocycles. The van der Waals surface area contributed by atoms with Crippen LogP contribution < -0.4 is 0 Å². The number of hydrogen-bond donors (Lipinski definition) is 1. The zero-order valence-corrected chi connectivity index (χ0v) is 7.83. The van der Waals surface area contributed by atoms with Gasteiger partial charge < -0.3 is 5.11 Å². The predicted octanol–water partition coefficient (Wildman–Crippen LogP) is 2.00. The standard InChI is InChI=1S/C12H14O/c1-11(13)7-5-6-10-12-8-3-2-4-9-12/h2-4,8-9,11,13H,6,10H2,1H3/t11-/m1/s1. The summed E-state index contributed by atoms with van der Waals surface area (Å²) in [5, 5.41) is 8.88. The molecule has 0 radical (unpaired) electrons. The van der Waals surface area contributed by atoms with E-state index in [1.807, 2.05) is 18.2 Å². The van der Waals surface area contributed by atoms with Crippen molar-refractivity contribution in [3.8, 4) is 11.8 Å². The normalized spacial score (nSPS) is 11.5. The van der Waals surface area contributed by atoms with Crippen molar-refractivity contribution in [1.29, 1.82) is 0 Å². The van der Waals surface area contributed by atoms with Crippen LogP contribution in [0.3, 0.4) is 0 Å². The summed E-state index contributed by atoms with van der Waals surface area (Å²) in [7, 11) is 0. The molecule has 1 aromatic rings. The molecule has 68 valence electrons. The molecule has 1 nitrogen and oxygen atoms in total. The van der Waals surface area contributed by atoms with E-state index in [1.165, 1.54) is 5.56 Å². The van der Waals surface area contributed by atoms with E-state index in [0.29, 0.717) is 0 Å². The Morgan fingerprint density at radius 3 is 2.62 bits per heavy atom. The smallest absolute Gasteiger partial charge is 0.111 e. The van der Waals surface area contributed by atoms with Gasteiger partial charge in [-0.2, -0.15) is 0 Å². The Kier molecular flexibility index (Phi) is 4.08. The van der Waals surface area contributed by atoms with Crippen molar-refractivity contribution in [2.75, 3.05) is 0 Å². The Hall–Kier alpha value is -1.26. The number of hydrogen-bond acceptors (Lipinski definition) is 1. The van der Waals surface area contributed by atoms with E-state index in [-0.39, 0.29) is 0 Å². The molecule has 0 aromatic heterocycles. The maximum Gasteiger partial charge on any atom is 0.111 e. The minimum absolute atomic E-state index is 0.504. The lowest BCUT2D eigenvalue weighted by molar-refractivity contribution is 0.253. The van der Waals surface area contributed by atoms with Crippen molar-refractivity contribution in [2.45, 2.75) is 25.9 Å². The highest BCUT2D eigenvalue weighted by Gasteiger charge is 1.88. The molecular weight excluding hydrogens is 160 g/mol. The van der Waals surface area contributed by atoms with Crippen LogP contribution in [0.2, 0.25) is 0 Å². The third-order valence-corrected chi connectivity index (χ3v) is 1.69. The molecule has 0 aliphatic rings. The number of aliphatic hydroxyl groups excluding tert-OH is 1. The van der Waals surface area contributed by atoms with Gasteiger partial charge in [-0.3, -0.25) is 0 Å². The molecule has 1 heteroatoms. The third kappa shape index (κ3) is 4.35. The summed E-state index contributed by atoms with van der Waals surface area (Å²) >= 11 is 0. The minimum atomic E-state index is -0.504.